The van der Waals surface area contributed by atoms with Gasteiger partial charge in [-0.05, 0) is 59.5 Å². The highest BCUT2D eigenvalue weighted by atomic mass is 32.1. The number of rotatable bonds is 6. The van der Waals surface area contributed by atoms with Crippen molar-refractivity contribution in [1.82, 2.24) is 9.80 Å². The monoisotopic (exact) mass is 569 g/mol. The number of aliphatic imine (C=N–C) groups is 1. The lowest BCUT2D eigenvalue weighted by atomic mass is 9.78. The Hall–Kier alpha value is -3.62. The van der Waals surface area contributed by atoms with E-state index in [9.17, 15) is 19.5 Å². The third kappa shape index (κ3) is 4.63. The highest BCUT2D eigenvalue weighted by Gasteiger charge is 2.49. The van der Waals surface area contributed by atoms with E-state index in [1.165, 1.54) is 10.4 Å². The average Bonchev–Trinajstić information content (AvgIpc) is 3.71. The fourth-order valence-corrected chi connectivity index (χ4v) is 7.56. The zero-order chi connectivity index (χ0) is 29.1. The van der Waals surface area contributed by atoms with Gasteiger partial charge in [0.15, 0.2) is 0 Å². The molecule has 3 amide bonds. The summed E-state index contributed by atoms with van der Waals surface area (Å²) in [7, 11) is 0. The Balaban J connectivity index is 1.24. The second-order valence-electron chi connectivity index (χ2n) is 12.1. The van der Waals surface area contributed by atoms with Crippen LogP contribution in [0.3, 0.4) is 0 Å². The van der Waals surface area contributed by atoms with Crippen molar-refractivity contribution in [2.24, 2.45) is 10.9 Å². The van der Waals surface area contributed by atoms with Crippen LogP contribution in [0.15, 0.2) is 65.0 Å². The first kappa shape index (κ1) is 27.5. The average molecular weight is 570 g/mol. The second-order valence-corrected chi connectivity index (χ2v) is 13.0. The minimum absolute atomic E-state index is 0.137. The highest BCUT2D eigenvalue weighted by molar-refractivity contribution is 7.13. The minimum Gasteiger partial charge on any atom is -0.391 e. The normalized spacial score (nSPS) is 24.8. The largest absolute Gasteiger partial charge is 0.391 e. The molecule has 0 aliphatic carbocycles. The molecule has 1 aromatic heterocycles. The molecular formula is C33H35N3O4S. The van der Waals surface area contributed by atoms with Crippen molar-refractivity contribution in [3.05, 3.63) is 82.2 Å². The Kier molecular flexibility index (Phi) is 6.94. The third-order valence-corrected chi connectivity index (χ3v) is 9.98. The number of thiophene rings is 1. The number of amides is 3. The van der Waals surface area contributed by atoms with Crippen molar-refractivity contribution in [2.75, 3.05) is 6.54 Å². The molecule has 212 valence electrons. The summed E-state index contributed by atoms with van der Waals surface area (Å²) in [5.41, 5.74) is 4.55. The van der Waals surface area contributed by atoms with Crippen molar-refractivity contribution in [3.63, 3.8) is 0 Å². The summed E-state index contributed by atoms with van der Waals surface area (Å²) in [6, 6.07) is 16.5. The molecule has 7 nitrogen and oxygen atoms in total. The number of aliphatic hydroxyl groups excluding tert-OH is 1. The molecule has 4 unspecified atom stereocenters. The minimum atomic E-state index is -0.843. The summed E-state index contributed by atoms with van der Waals surface area (Å²) in [5.74, 6) is -0.720. The van der Waals surface area contributed by atoms with Crippen LogP contribution in [0, 0.1) is 12.8 Å². The van der Waals surface area contributed by atoms with Crippen LogP contribution < -0.4 is 0 Å². The number of β-amino-alcohol motifs (C(OH)–C–C–N with tert-alkyl or cyclic N) is 1. The van der Waals surface area contributed by atoms with Crippen LogP contribution in [0.2, 0.25) is 0 Å². The summed E-state index contributed by atoms with van der Waals surface area (Å²) in [4.78, 5) is 49.9. The van der Waals surface area contributed by atoms with E-state index in [0.29, 0.717) is 30.7 Å². The van der Waals surface area contributed by atoms with Crippen molar-refractivity contribution in [1.29, 1.82) is 0 Å². The van der Waals surface area contributed by atoms with Crippen LogP contribution in [-0.2, 0) is 21.5 Å². The quantitative estimate of drug-likeness (QED) is 0.453. The number of carbonyl (C=O) groups is 3. The lowest BCUT2D eigenvalue weighted by Gasteiger charge is -2.35. The summed E-state index contributed by atoms with van der Waals surface area (Å²) in [6.45, 7) is 8.41. The zero-order valence-electron chi connectivity index (χ0n) is 23.8. The van der Waals surface area contributed by atoms with Gasteiger partial charge in [-0.2, -0.15) is 0 Å². The lowest BCUT2D eigenvalue weighted by Crippen LogP contribution is -2.54. The molecule has 41 heavy (non-hydrogen) atoms. The van der Waals surface area contributed by atoms with E-state index in [1.54, 1.807) is 27.2 Å². The number of hydrogen-bond donors (Lipinski definition) is 1. The van der Waals surface area contributed by atoms with Crippen molar-refractivity contribution >= 4 is 34.8 Å². The number of hydrogen-bond acceptors (Lipinski definition) is 5. The van der Waals surface area contributed by atoms with E-state index in [2.05, 4.69) is 35.5 Å². The molecule has 3 aliphatic heterocycles. The number of benzene rings is 2. The fraction of sp³-hybridized carbons (Fsp3) is 0.394. The van der Waals surface area contributed by atoms with Gasteiger partial charge in [-0.3, -0.25) is 14.4 Å². The molecule has 0 spiro atoms. The summed E-state index contributed by atoms with van der Waals surface area (Å²) < 4.78 is 0. The summed E-state index contributed by atoms with van der Waals surface area (Å²) in [6.07, 6.45) is -0.0184. The van der Waals surface area contributed by atoms with E-state index in [-0.39, 0.29) is 30.2 Å². The van der Waals surface area contributed by atoms with Crippen LogP contribution in [0.4, 0.5) is 0 Å². The van der Waals surface area contributed by atoms with Crippen LogP contribution in [0.1, 0.15) is 60.7 Å². The number of aliphatic hydroxyl groups is 1. The SMILES string of the molecule is Cc1ccsc1-c1ccc(C2(C)CC(C3CC(O)CN3C(=O)C(C(C)C)N3Cc4ccccc4C3=O)=NC2=O)cc1. The molecule has 8 heteroatoms. The third-order valence-electron chi connectivity index (χ3n) is 8.91. The molecular weight excluding hydrogens is 534 g/mol. The maximum atomic E-state index is 14.2. The number of aryl methyl sites for hydroxylation is 1. The second kappa shape index (κ2) is 10.3. The highest BCUT2D eigenvalue weighted by Crippen LogP contribution is 2.39. The number of nitrogens with zero attached hydrogens (tertiary/aromatic N) is 3. The van der Waals surface area contributed by atoms with Gasteiger partial charge in [0.25, 0.3) is 11.8 Å². The van der Waals surface area contributed by atoms with Crippen molar-refractivity contribution in [2.45, 2.75) is 70.7 Å². The Morgan fingerprint density at radius 2 is 1.83 bits per heavy atom. The molecule has 0 bridgehead atoms. The molecule has 0 radical (unpaired) electrons. The Morgan fingerprint density at radius 1 is 1.10 bits per heavy atom. The lowest BCUT2D eigenvalue weighted by molar-refractivity contribution is -0.138. The van der Waals surface area contributed by atoms with Crippen LogP contribution in [-0.4, -0.2) is 63.1 Å². The maximum Gasteiger partial charge on any atom is 0.256 e. The molecule has 2 aromatic carbocycles. The summed E-state index contributed by atoms with van der Waals surface area (Å²) in [5, 5.41) is 12.8. The van der Waals surface area contributed by atoms with Gasteiger partial charge in [0.05, 0.1) is 17.6 Å². The van der Waals surface area contributed by atoms with Crippen LogP contribution >= 0.6 is 11.3 Å². The van der Waals surface area contributed by atoms with Crippen LogP contribution in [0.25, 0.3) is 10.4 Å². The van der Waals surface area contributed by atoms with E-state index in [1.807, 2.05) is 51.1 Å². The number of carbonyl (C=O) groups excluding carboxylic acids is 3. The van der Waals surface area contributed by atoms with Gasteiger partial charge < -0.3 is 14.9 Å². The van der Waals surface area contributed by atoms with Gasteiger partial charge in [-0.1, -0.05) is 56.3 Å². The van der Waals surface area contributed by atoms with Gasteiger partial charge in [0.2, 0.25) is 5.91 Å². The first-order chi connectivity index (χ1) is 19.6. The van der Waals surface area contributed by atoms with E-state index < -0.39 is 23.6 Å². The predicted molar refractivity (Wildman–Crippen MR) is 160 cm³/mol. The van der Waals surface area contributed by atoms with E-state index in [4.69, 9.17) is 0 Å². The maximum absolute atomic E-state index is 14.2. The van der Waals surface area contributed by atoms with Crippen molar-refractivity contribution in [3.8, 4) is 10.4 Å². The fourth-order valence-electron chi connectivity index (χ4n) is 6.63. The van der Waals surface area contributed by atoms with Gasteiger partial charge >= 0.3 is 0 Å². The standard InChI is InChI=1S/C33H35N3O4S/c1-19(2)28(36-17-22-7-5-6-8-25(22)30(36)38)31(39)35-18-24(37)15-27(35)26-16-33(4,32(40)34-26)23-11-9-21(10-12-23)29-20(3)13-14-41-29/h5-14,19,24,27-28,37H,15-18H2,1-4H3. The first-order valence-electron chi connectivity index (χ1n) is 14.2. The molecule has 3 aliphatic rings. The molecule has 6 rings (SSSR count). The van der Waals surface area contributed by atoms with Crippen LogP contribution in [0.5, 0.6) is 0 Å². The Labute approximate surface area is 244 Å². The molecule has 1 fully saturated rings. The molecule has 4 heterocycles. The summed E-state index contributed by atoms with van der Waals surface area (Å²) >= 11 is 1.70. The van der Waals surface area contributed by atoms with Gasteiger partial charge in [0, 0.05) is 42.1 Å². The molecule has 1 saturated heterocycles. The van der Waals surface area contributed by atoms with Gasteiger partial charge in [-0.25, -0.2) is 4.99 Å². The first-order valence-corrected chi connectivity index (χ1v) is 15.1. The Bertz CT molecular complexity index is 1560. The number of likely N-dealkylation sites (tertiary alicyclic amines) is 1. The Morgan fingerprint density at radius 3 is 2.49 bits per heavy atom. The van der Waals surface area contributed by atoms with Gasteiger partial charge in [0.1, 0.15) is 6.04 Å². The predicted octanol–water partition coefficient (Wildman–Crippen LogP) is 4.99. The smallest absolute Gasteiger partial charge is 0.256 e. The zero-order valence-corrected chi connectivity index (χ0v) is 24.6. The number of fused-ring (bicyclic) bond motifs is 1. The van der Waals surface area contributed by atoms with E-state index >= 15 is 0 Å². The van der Waals surface area contributed by atoms with Crippen molar-refractivity contribution < 1.29 is 19.5 Å². The molecule has 4 atom stereocenters. The van der Waals surface area contributed by atoms with Gasteiger partial charge in [-0.15, -0.1) is 11.3 Å². The van der Waals surface area contributed by atoms with E-state index in [0.717, 1.165) is 16.7 Å². The topological polar surface area (TPSA) is 90.3 Å². The molecule has 3 aromatic rings. The molecule has 0 saturated carbocycles. The molecule has 1 N–H and O–H groups in total.